The number of rotatable bonds is 3. The van der Waals surface area contributed by atoms with Crippen molar-refractivity contribution in [3.05, 3.63) is 57.2 Å². The van der Waals surface area contributed by atoms with Crippen LogP contribution in [0.4, 0.5) is 5.69 Å². The Hall–Kier alpha value is -2.84. The van der Waals surface area contributed by atoms with Gasteiger partial charge >= 0.3 is 5.69 Å². The SMILES string of the molecule is O=[N+]([O-])c1cc(-c2cncn2-c2c(Cl)cncc2Cl)cc(O)c1O. The number of hydrogen-bond acceptors (Lipinski definition) is 6. The lowest BCUT2D eigenvalue weighted by atomic mass is 10.1. The maximum Gasteiger partial charge on any atom is 0.315 e. The van der Waals surface area contributed by atoms with Gasteiger partial charge in [0.2, 0.25) is 5.75 Å². The van der Waals surface area contributed by atoms with Crippen LogP contribution < -0.4 is 0 Å². The van der Waals surface area contributed by atoms with Crippen molar-refractivity contribution in [2.45, 2.75) is 0 Å². The molecule has 0 saturated carbocycles. The summed E-state index contributed by atoms with van der Waals surface area (Å²) in [6.45, 7) is 0. The van der Waals surface area contributed by atoms with E-state index in [1.807, 2.05) is 0 Å². The number of aromatic hydroxyl groups is 2. The van der Waals surface area contributed by atoms with Gasteiger partial charge in [0.1, 0.15) is 0 Å². The van der Waals surface area contributed by atoms with E-state index in [1.54, 1.807) is 0 Å². The lowest BCUT2D eigenvalue weighted by molar-refractivity contribution is -0.385. The summed E-state index contributed by atoms with van der Waals surface area (Å²) < 4.78 is 1.50. The van der Waals surface area contributed by atoms with Crippen LogP contribution in [0.25, 0.3) is 16.9 Å². The average Bonchev–Trinajstić information content (AvgIpc) is 2.98. The van der Waals surface area contributed by atoms with Crippen molar-refractivity contribution >= 4 is 28.9 Å². The van der Waals surface area contributed by atoms with Crippen LogP contribution in [0.5, 0.6) is 11.5 Å². The molecule has 10 heteroatoms. The molecule has 24 heavy (non-hydrogen) atoms. The van der Waals surface area contributed by atoms with Crippen molar-refractivity contribution in [3.8, 4) is 28.4 Å². The molecule has 2 N–H and O–H groups in total. The van der Waals surface area contributed by atoms with E-state index >= 15 is 0 Å². The Kier molecular flexibility index (Phi) is 4.00. The quantitative estimate of drug-likeness (QED) is 0.416. The molecule has 0 aliphatic heterocycles. The number of imidazole rings is 1. The maximum atomic E-state index is 11.0. The predicted octanol–water partition coefficient (Wildman–Crippen LogP) is 3.56. The van der Waals surface area contributed by atoms with Gasteiger partial charge in [-0.3, -0.25) is 19.7 Å². The first-order chi connectivity index (χ1) is 11.4. The standard InChI is InChI=1S/C14H8Cl2N4O4/c15-8-3-17-4-9(16)13(8)19-6-18-5-11(19)7-1-10(20(23)24)14(22)12(21)2-7/h1-6,21-22H. The Morgan fingerprint density at radius 3 is 2.38 bits per heavy atom. The van der Waals surface area contributed by atoms with Crippen molar-refractivity contribution in [2.75, 3.05) is 0 Å². The average molecular weight is 367 g/mol. The number of aromatic nitrogens is 3. The third kappa shape index (κ3) is 2.61. The van der Waals surface area contributed by atoms with Gasteiger partial charge in [0.05, 0.1) is 38.9 Å². The number of phenolic OH excluding ortho intramolecular Hbond substituents is 2. The normalized spacial score (nSPS) is 10.8. The number of hydrogen-bond donors (Lipinski definition) is 2. The van der Waals surface area contributed by atoms with E-state index in [9.17, 15) is 20.3 Å². The fraction of sp³-hybridized carbons (Fsp3) is 0. The summed E-state index contributed by atoms with van der Waals surface area (Å²) in [5.41, 5.74) is 0.377. The van der Waals surface area contributed by atoms with E-state index in [2.05, 4.69) is 9.97 Å². The molecule has 2 aromatic heterocycles. The van der Waals surface area contributed by atoms with E-state index in [1.165, 1.54) is 35.6 Å². The van der Waals surface area contributed by atoms with Crippen molar-refractivity contribution < 1.29 is 15.1 Å². The van der Waals surface area contributed by atoms with Crippen LogP contribution >= 0.6 is 23.2 Å². The molecule has 0 aliphatic rings. The van der Waals surface area contributed by atoms with E-state index in [4.69, 9.17) is 23.2 Å². The molecule has 122 valence electrons. The van der Waals surface area contributed by atoms with E-state index in [-0.39, 0.29) is 15.6 Å². The van der Waals surface area contributed by atoms with E-state index in [0.717, 1.165) is 6.07 Å². The third-order valence-corrected chi connectivity index (χ3v) is 3.82. The van der Waals surface area contributed by atoms with Gasteiger partial charge in [0, 0.05) is 24.0 Å². The fourth-order valence-electron chi connectivity index (χ4n) is 2.21. The second kappa shape index (κ2) is 5.99. The predicted molar refractivity (Wildman–Crippen MR) is 86.8 cm³/mol. The molecule has 0 fully saturated rings. The van der Waals surface area contributed by atoms with Crippen LogP contribution in [0.2, 0.25) is 10.0 Å². The molecular formula is C14H8Cl2N4O4. The van der Waals surface area contributed by atoms with Crippen molar-refractivity contribution in [1.82, 2.24) is 14.5 Å². The fourth-order valence-corrected chi connectivity index (χ4v) is 2.76. The summed E-state index contributed by atoms with van der Waals surface area (Å²) in [6.07, 6.45) is 5.62. The monoisotopic (exact) mass is 366 g/mol. The van der Waals surface area contributed by atoms with Gasteiger partial charge in [-0.1, -0.05) is 23.2 Å². The highest BCUT2D eigenvalue weighted by molar-refractivity contribution is 6.37. The van der Waals surface area contributed by atoms with Gasteiger partial charge in [-0.05, 0) is 6.07 Å². The van der Waals surface area contributed by atoms with Crippen molar-refractivity contribution in [3.63, 3.8) is 0 Å². The van der Waals surface area contributed by atoms with Crippen molar-refractivity contribution in [2.24, 2.45) is 0 Å². The number of nitro benzene ring substituents is 1. The Labute approximate surface area is 144 Å². The van der Waals surface area contributed by atoms with E-state index < -0.39 is 22.1 Å². The molecule has 0 bridgehead atoms. The minimum absolute atomic E-state index is 0.249. The molecule has 1 aromatic carbocycles. The molecule has 3 aromatic rings. The molecule has 8 nitrogen and oxygen atoms in total. The van der Waals surface area contributed by atoms with Crippen LogP contribution in [-0.4, -0.2) is 29.7 Å². The number of pyridine rings is 1. The first-order valence-corrected chi connectivity index (χ1v) is 7.18. The molecule has 0 aliphatic carbocycles. The van der Waals surface area contributed by atoms with Crippen LogP contribution in [0.1, 0.15) is 0 Å². The Balaban J connectivity index is 2.24. The molecule has 0 atom stereocenters. The highest BCUT2D eigenvalue weighted by Gasteiger charge is 2.22. The number of benzene rings is 1. The summed E-state index contributed by atoms with van der Waals surface area (Å²) in [6, 6.07) is 2.30. The molecule has 0 spiro atoms. The van der Waals surface area contributed by atoms with Crippen LogP contribution in [0.3, 0.4) is 0 Å². The Morgan fingerprint density at radius 1 is 1.08 bits per heavy atom. The summed E-state index contributed by atoms with van der Waals surface area (Å²) in [5.74, 6) is -1.44. The minimum Gasteiger partial charge on any atom is -0.504 e. The van der Waals surface area contributed by atoms with Crippen LogP contribution in [-0.2, 0) is 0 Å². The van der Waals surface area contributed by atoms with Gasteiger partial charge in [0.15, 0.2) is 5.75 Å². The maximum absolute atomic E-state index is 11.0. The molecule has 2 heterocycles. The highest BCUT2D eigenvalue weighted by atomic mass is 35.5. The van der Waals surface area contributed by atoms with E-state index in [0.29, 0.717) is 11.4 Å². The number of halogens is 2. The van der Waals surface area contributed by atoms with Crippen LogP contribution in [0.15, 0.2) is 37.1 Å². The molecule has 0 saturated heterocycles. The summed E-state index contributed by atoms with van der Waals surface area (Å²) >= 11 is 12.3. The first-order valence-electron chi connectivity index (χ1n) is 6.42. The zero-order valence-corrected chi connectivity index (χ0v) is 13.2. The van der Waals surface area contributed by atoms with Gasteiger partial charge in [-0.25, -0.2) is 4.98 Å². The minimum atomic E-state index is -0.810. The van der Waals surface area contributed by atoms with Gasteiger partial charge in [-0.2, -0.15) is 0 Å². The highest BCUT2D eigenvalue weighted by Crippen LogP contribution is 2.40. The third-order valence-electron chi connectivity index (χ3n) is 3.27. The van der Waals surface area contributed by atoms with Crippen LogP contribution in [0, 0.1) is 10.1 Å². The Morgan fingerprint density at radius 2 is 1.75 bits per heavy atom. The summed E-state index contributed by atoms with van der Waals surface area (Å²) in [5, 5.41) is 30.9. The number of nitrogens with zero attached hydrogens (tertiary/aromatic N) is 4. The second-order valence-corrected chi connectivity index (χ2v) is 5.54. The molecule has 0 unspecified atom stereocenters. The molecule has 0 amide bonds. The first kappa shape index (κ1) is 16.0. The molecule has 3 rings (SSSR count). The topological polar surface area (TPSA) is 114 Å². The summed E-state index contributed by atoms with van der Waals surface area (Å²) in [7, 11) is 0. The molecular weight excluding hydrogens is 359 g/mol. The van der Waals surface area contributed by atoms with Gasteiger partial charge in [-0.15, -0.1) is 0 Å². The van der Waals surface area contributed by atoms with Crippen molar-refractivity contribution in [1.29, 1.82) is 0 Å². The second-order valence-electron chi connectivity index (χ2n) is 4.72. The smallest absolute Gasteiger partial charge is 0.315 e. The largest absolute Gasteiger partial charge is 0.504 e. The van der Waals surface area contributed by atoms with Gasteiger partial charge in [0.25, 0.3) is 0 Å². The summed E-state index contributed by atoms with van der Waals surface area (Å²) in [4.78, 5) is 18.1. The lowest BCUT2D eigenvalue weighted by Gasteiger charge is -2.12. The zero-order valence-electron chi connectivity index (χ0n) is 11.7. The molecule has 0 radical (unpaired) electrons. The zero-order chi connectivity index (χ0) is 17.4. The number of nitro groups is 1. The lowest BCUT2D eigenvalue weighted by Crippen LogP contribution is -1.99. The Bertz CT molecular complexity index is 938. The van der Waals surface area contributed by atoms with Gasteiger partial charge < -0.3 is 10.2 Å². The number of phenols is 2.